The van der Waals surface area contributed by atoms with Crippen LogP contribution in [0.2, 0.25) is 0 Å². The van der Waals surface area contributed by atoms with Crippen molar-refractivity contribution in [1.29, 1.82) is 0 Å². The third-order valence-electron chi connectivity index (χ3n) is 5.64. The van der Waals surface area contributed by atoms with Crippen molar-refractivity contribution in [2.24, 2.45) is 5.41 Å². The molecule has 0 radical (unpaired) electrons. The van der Waals surface area contributed by atoms with Crippen LogP contribution in [0.3, 0.4) is 0 Å². The summed E-state index contributed by atoms with van der Waals surface area (Å²) in [5.41, 5.74) is 10.3. The van der Waals surface area contributed by atoms with Crippen LogP contribution in [-0.2, 0) is 0 Å². The molecular weight excluding hydrogens is 350 g/mol. The van der Waals surface area contributed by atoms with Crippen LogP contribution in [0.4, 0.5) is 0 Å². The fraction of sp³-hybridized carbons (Fsp3) is 0.286. The second-order valence-corrected chi connectivity index (χ2v) is 8.40. The Kier molecular flexibility index (Phi) is 6.27. The second-order valence-electron chi connectivity index (χ2n) is 8.40. The molecule has 1 aliphatic heterocycles. The maximum Gasteiger partial charge on any atom is 0.0337 e. The molecule has 1 heteroatoms. The lowest BCUT2D eigenvalue weighted by atomic mass is 9.70. The molecule has 1 aromatic carbocycles. The van der Waals surface area contributed by atoms with Gasteiger partial charge in [0.2, 0.25) is 0 Å². The molecule has 0 spiro atoms. The zero-order valence-corrected chi connectivity index (χ0v) is 18.6. The lowest BCUT2D eigenvalue weighted by Gasteiger charge is -2.39. The van der Waals surface area contributed by atoms with Crippen LogP contribution in [0.1, 0.15) is 47.1 Å². The zero-order chi connectivity index (χ0) is 21.0. The van der Waals surface area contributed by atoms with Gasteiger partial charge in [-0.15, -0.1) is 0 Å². The van der Waals surface area contributed by atoms with E-state index < -0.39 is 0 Å². The van der Waals surface area contributed by atoms with Crippen LogP contribution in [0.5, 0.6) is 0 Å². The maximum atomic E-state index is 3.70. The Morgan fingerprint density at radius 1 is 1.03 bits per heavy atom. The number of hydrogen-bond acceptors (Lipinski definition) is 1. The molecule has 150 valence electrons. The van der Waals surface area contributed by atoms with Gasteiger partial charge in [0, 0.05) is 23.2 Å². The molecule has 2 aliphatic rings. The molecule has 0 amide bonds. The Hall–Kier alpha value is -2.80. The Morgan fingerprint density at radius 2 is 1.76 bits per heavy atom. The van der Waals surface area contributed by atoms with E-state index in [0.717, 1.165) is 6.54 Å². The molecule has 0 saturated carbocycles. The van der Waals surface area contributed by atoms with Gasteiger partial charge in [-0.05, 0) is 55.6 Å². The number of rotatable bonds is 4. The fourth-order valence-corrected chi connectivity index (χ4v) is 4.28. The van der Waals surface area contributed by atoms with Crippen molar-refractivity contribution in [2.75, 3.05) is 6.54 Å². The van der Waals surface area contributed by atoms with E-state index in [0.29, 0.717) is 0 Å². The molecule has 0 saturated heterocycles. The second kappa shape index (κ2) is 8.69. The smallest absolute Gasteiger partial charge is 0.0337 e. The minimum absolute atomic E-state index is 0.116. The highest BCUT2D eigenvalue weighted by Crippen LogP contribution is 2.46. The summed E-state index contributed by atoms with van der Waals surface area (Å²) in [6.07, 6.45) is 15.8. The highest BCUT2D eigenvalue weighted by atomic mass is 14.9. The maximum absolute atomic E-state index is 3.70. The predicted octanol–water partition coefficient (Wildman–Crippen LogP) is 7.31. The first kappa shape index (κ1) is 20.9. The number of nitrogens with one attached hydrogen (secondary N) is 1. The normalized spacial score (nSPS) is 20.2. The molecule has 1 heterocycles. The fourth-order valence-electron chi connectivity index (χ4n) is 4.28. The van der Waals surface area contributed by atoms with E-state index in [1.54, 1.807) is 0 Å². The van der Waals surface area contributed by atoms with Gasteiger partial charge < -0.3 is 5.32 Å². The number of benzene rings is 1. The SMILES string of the molecule is C/C=C\C(=C/C)C1=CCNC2=C1C=C/C(=C(/C=C(C)C)c1ccccc1)C2(C)C. The van der Waals surface area contributed by atoms with Gasteiger partial charge in [-0.25, -0.2) is 0 Å². The van der Waals surface area contributed by atoms with Gasteiger partial charge in [-0.3, -0.25) is 0 Å². The molecule has 1 N–H and O–H groups in total. The van der Waals surface area contributed by atoms with E-state index in [1.165, 1.54) is 44.7 Å². The van der Waals surface area contributed by atoms with Crippen molar-refractivity contribution in [2.45, 2.75) is 41.5 Å². The first-order valence-corrected chi connectivity index (χ1v) is 10.5. The molecule has 1 aliphatic carbocycles. The highest BCUT2D eigenvalue weighted by molar-refractivity contribution is 5.82. The van der Waals surface area contributed by atoms with Gasteiger partial charge in [-0.1, -0.05) is 92.3 Å². The standard InChI is InChI=1S/C28H33N/c1-7-12-21(8-2)23-17-18-29-27-24(23)15-16-26(28(27,5)6)25(19-20(3)4)22-13-10-9-11-14-22/h7-17,19,29H,18H2,1-6H3/b12-7-,21-8+,26-25+. The summed E-state index contributed by atoms with van der Waals surface area (Å²) in [5.74, 6) is 0. The van der Waals surface area contributed by atoms with Crippen molar-refractivity contribution < 1.29 is 0 Å². The minimum Gasteiger partial charge on any atom is -0.384 e. The number of hydrogen-bond donors (Lipinski definition) is 1. The summed E-state index contributed by atoms with van der Waals surface area (Å²) in [6.45, 7) is 14.1. The Morgan fingerprint density at radius 3 is 2.38 bits per heavy atom. The average Bonchev–Trinajstić information content (AvgIpc) is 2.71. The molecule has 0 aromatic heterocycles. The number of allylic oxidation sites excluding steroid dienone is 12. The molecular formula is C28H33N. The summed E-state index contributed by atoms with van der Waals surface area (Å²) in [4.78, 5) is 0. The van der Waals surface area contributed by atoms with Crippen LogP contribution < -0.4 is 5.32 Å². The summed E-state index contributed by atoms with van der Waals surface area (Å²) in [7, 11) is 0. The minimum atomic E-state index is -0.116. The van der Waals surface area contributed by atoms with Crippen molar-refractivity contribution in [1.82, 2.24) is 5.32 Å². The average molecular weight is 384 g/mol. The van der Waals surface area contributed by atoms with E-state index in [9.17, 15) is 0 Å². The Bertz CT molecular complexity index is 982. The quantitative estimate of drug-likeness (QED) is 0.538. The van der Waals surface area contributed by atoms with Gasteiger partial charge in [0.1, 0.15) is 0 Å². The zero-order valence-electron chi connectivity index (χ0n) is 18.6. The third-order valence-corrected chi connectivity index (χ3v) is 5.64. The van der Waals surface area contributed by atoms with E-state index in [-0.39, 0.29) is 5.41 Å². The summed E-state index contributed by atoms with van der Waals surface area (Å²) in [5, 5.41) is 3.70. The Balaban J connectivity index is 2.20. The topological polar surface area (TPSA) is 12.0 Å². The van der Waals surface area contributed by atoms with Gasteiger partial charge in [-0.2, -0.15) is 0 Å². The third kappa shape index (κ3) is 4.15. The predicted molar refractivity (Wildman–Crippen MR) is 127 cm³/mol. The molecule has 0 atom stereocenters. The van der Waals surface area contributed by atoms with E-state index >= 15 is 0 Å². The highest BCUT2D eigenvalue weighted by Gasteiger charge is 2.35. The van der Waals surface area contributed by atoms with Crippen LogP contribution in [-0.4, -0.2) is 6.54 Å². The largest absolute Gasteiger partial charge is 0.384 e. The van der Waals surface area contributed by atoms with Gasteiger partial charge in [0.05, 0.1) is 0 Å². The van der Waals surface area contributed by atoms with Gasteiger partial charge >= 0.3 is 0 Å². The van der Waals surface area contributed by atoms with Gasteiger partial charge in [0.15, 0.2) is 0 Å². The van der Waals surface area contributed by atoms with Crippen LogP contribution in [0.25, 0.3) is 5.57 Å². The summed E-state index contributed by atoms with van der Waals surface area (Å²) < 4.78 is 0. The van der Waals surface area contributed by atoms with Crippen LogP contribution in [0, 0.1) is 5.41 Å². The van der Waals surface area contributed by atoms with E-state index in [4.69, 9.17) is 0 Å². The molecule has 1 nitrogen and oxygen atoms in total. The first-order chi connectivity index (χ1) is 13.9. The van der Waals surface area contributed by atoms with Crippen LogP contribution >= 0.6 is 0 Å². The van der Waals surface area contributed by atoms with Crippen molar-refractivity contribution in [3.8, 4) is 0 Å². The van der Waals surface area contributed by atoms with Gasteiger partial charge in [0.25, 0.3) is 0 Å². The first-order valence-electron chi connectivity index (χ1n) is 10.5. The lowest BCUT2D eigenvalue weighted by molar-refractivity contribution is 0.498. The van der Waals surface area contributed by atoms with E-state index in [2.05, 4.69) is 120 Å². The molecule has 29 heavy (non-hydrogen) atoms. The molecule has 0 fully saturated rings. The molecule has 1 aromatic rings. The Labute approximate surface area is 176 Å². The van der Waals surface area contributed by atoms with Crippen molar-refractivity contribution in [3.05, 3.63) is 112 Å². The number of dihydropyridines is 1. The molecule has 0 bridgehead atoms. The molecule has 0 unspecified atom stereocenters. The van der Waals surface area contributed by atoms with Crippen molar-refractivity contribution in [3.63, 3.8) is 0 Å². The summed E-state index contributed by atoms with van der Waals surface area (Å²) in [6, 6.07) is 10.7. The lowest BCUT2D eigenvalue weighted by Crippen LogP contribution is -2.34. The summed E-state index contributed by atoms with van der Waals surface area (Å²) >= 11 is 0. The van der Waals surface area contributed by atoms with E-state index in [1.807, 2.05) is 0 Å². The van der Waals surface area contributed by atoms with Crippen molar-refractivity contribution >= 4 is 5.57 Å². The molecule has 3 rings (SSSR count). The monoisotopic (exact) mass is 383 g/mol. The van der Waals surface area contributed by atoms with Crippen LogP contribution in [0.15, 0.2) is 106 Å².